The first kappa shape index (κ1) is 29.0. The maximum absolute atomic E-state index is 13.7. The van der Waals surface area contributed by atoms with E-state index in [0.717, 1.165) is 5.56 Å². The van der Waals surface area contributed by atoms with Crippen LogP contribution in [0.15, 0.2) is 41.5 Å². The van der Waals surface area contributed by atoms with Crippen molar-refractivity contribution in [2.45, 2.75) is 46.0 Å². The second-order valence-electron chi connectivity index (χ2n) is 8.39. The van der Waals surface area contributed by atoms with Crippen molar-refractivity contribution < 1.29 is 28.4 Å². The standard InChI is InChI=1S/C23H32N7O7P/c1-4-36-21(32)15(2)28-38(34,29-16(3)22(33)37-12-17-8-6-5-7-9-17)14-35-11-10-30-13-25-18-19(30)26-23(24)27-20(18)31/h5-9,13,15-16H,4,10-12,14H2,1-3H3,(H2,28,29,34)(H3,24,26,27,31)/t15-,16-,38?/m1/s1. The van der Waals surface area contributed by atoms with Crippen LogP contribution in [0.4, 0.5) is 5.95 Å². The number of H-pyrrole nitrogens is 1. The fourth-order valence-electron chi connectivity index (χ4n) is 3.45. The lowest BCUT2D eigenvalue weighted by Gasteiger charge is -2.26. The minimum absolute atomic E-state index is 0.0494. The molecule has 0 amide bonds. The Labute approximate surface area is 218 Å². The number of imidazole rings is 1. The first-order valence-electron chi connectivity index (χ1n) is 11.9. The number of nitrogen functional groups attached to an aromatic ring is 1. The topological polar surface area (TPSA) is 193 Å². The number of hydrogen-bond donors (Lipinski definition) is 4. The van der Waals surface area contributed by atoms with Crippen LogP contribution in [0.5, 0.6) is 0 Å². The van der Waals surface area contributed by atoms with E-state index in [2.05, 4.69) is 25.1 Å². The molecule has 206 valence electrons. The van der Waals surface area contributed by atoms with Crippen molar-refractivity contribution >= 4 is 36.5 Å². The normalized spacial score (nSPS) is 14.5. The van der Waals surface area contributed by atoms with Gasteiger partial charge in [-0.3, -0.25) is 23.9 Å². The summed E-state index contributed by atoms with van der Waals surface area (Å²) in [5, 5.41) is 5.46. The summed E-state index contributed by atoms with van der Waals surface area (Å²) in [6, 6.07) is 7.21. The summed E-state index contributed by atoms with van der Waals surface area (Å²) in [5.74, 6) is -1.28. The van der Waals surface area contributed by atoms with Crippen molar-refractivity contribution in [1.82, 2.24) is 29.7 Å². The molecule has 0 saturated carbocycles. The van der Waals surface area contributed by atoms with Gasteiger partial charge in [-0.05, 0) is 26.3 Å². The van der Waals surface area contributed by atoms with Gasteiger partial charge in [0.05, 0.1) is 19.5 Å². The van der Waals surface area contributed by atoms with E-state index in [0.29, 0.717) is 0 Å². The molecule has 0 radical (unpaired) electrons. The second-order valence-corrected chi connectivity index (χ2v) is 10.6. The van der Waals surface area contributed by atoms with Gasteiger partial charge in [0.1, 0.15) is 25.0 Å². The molecule has 0 fully saturated rings. The zero-order valence-corrected chi connectivity index (χ0v) is 22.3. The summed E-state index contributed by atoms with van der Waals surface area (Å²) >= 11 is 0. The van der Waals surface area contributed by atoms with Crippen molar-refractivity contribution in [1.29, 1.82) is 0 Å². The van der Waals surface area contributed by atoms with E-state index in [9.17, 15) is 18.9 Å². The molecule has 1 unspecified atom stereocenters. The van der Waals surface area contributed by atoms with Gasteiger partial charge in [0.15, 0.2) is 11.2 Å². The lowest BCUT2D eigenvalue weighted by molar-refractivity contribution is -0.146. The number of anilines is 1. The van der Waals surface area contributed by atoms with E-state index in [4.69, 9.17) is 19.9 Å². The fourth-order valence-corrected chi connectivity index (χ4v) is 5.53. The molecule has 3 atom stereocenters. The molecule has 2 heterocycles. The van der Waals surface area contributed by atoms with Gasteiger partial charge in [0, 0.05) is 6.54 Å². The Morgan fingerprint density at radius 1 is 1.13 bits per heavy atom. The molecule has 5 N–H and O–H groups in total. The monoisotopic (exact) mass is 549 g/mol. The lowest BCUT2D eigenvalue weighted by atomic mass is 10.2. The number of nitrogens with one attached hydrogen (secondary N) is 3. The van der Waals surface area contributed by atoms with Crippen LogP contribution < -0.4 is 21.5 Å². The Balaban J connectivity index is 1.63. The largest absolute Gasteiger partial charge is 0.465 e. The maximum Gasteiger partial charge on any atom is 0.323 e. The number of nitrogens with two attached hydrogens (primary N) is 1. The summed E-state index contributed by atoms with van der Waals surface area (Å²) in [5.41, 5.74) is 6.35. The third kappa shape index (κ3) is 7.96. The Bertz CT molecular complexity index is 1340. The third-order valence-corrected chi connectivity index (χ3v) is 7.42. The molecular weight excluding hydrogens is 517 g/mol. The highest BCUT2D eigenvalue weighted by Crippen LogP contribution is 2.37. The SMILES string of the molecule is CCOC(=O)[C@@H](C)NP(=O)(COCCn1cnc2c(=O)[nH]c(N)nc21)N[C@H](C)C(=O)OCc1ccccc1. The van der Waals surface area contributed by atoms with Crippen LogP contribution in [0.2, 0.25) is 0 Å². The van der Waals surface area contributed by atoms with E-state index in [-0.39, 0.29) is 49.8 Å². The third-order valence-electron chi connectivity index (χ3n) is 5.26. The summed E-state index contributed by atoms with van der Waals surface area (Å²) in [4.78, 5) is 47.1. The van der Waals surface area contributed by atoms with Crippen LogP contribution in [0.25, 0.3) is 11.2 Å². The molecule has 3 rings (SSSR count). The number of fused-ring (bicyclic) bond motifs is 1. The number of esters is 2. The van der Waals surface area contributed by atoms with Gasteiger partial charge in [-0.2, -0.15) is 4.98 Å². The molecule has 0 aliphatic rings. The van der Waals surface area contributed by atoms with E-state index in [1.807, 2.05) is 30.3 Å². The highest BCUT2D eigenvalue weighted by Gasteiger charge is 2.32. The first-order valence-corrected chi connectivity index (χ1v) is 13.8. The van der Waals surface area contributed by atoms with Gasteiger partial charge in [0.2, 0.25) is 13.4 Å². The Kier molecular flexibility index (Phi) is 10.1. The summed E-state index contributed by atoms with van der Waals surface area (Å²) in [7, 11) is -3.67. The Morgan fingerprint density at radius 2 is 1.79 bits per heavy atom. The number of aromatic nitrogens is 4. The molecule has 14 nitrogen and oxygen atoms in total. The van der Waals surface area contributed by atoms with Crippen molar-refractivity contribution in [3.05, 3.63) is 52.6 Å². The van der Waals surface area contributed by atoms with Crippen molar-refractivity contribution in [2.24, 2.45) is 0 Å². The number of aromatic amines is 1. The number of ether oxygens (including phenoxy) is 3. The molecule has 2 aromatic heterocycles. The molecule has 38 heavy (non-hydrogen) atoms. The summed E-state index contributed by atoms with van der Waals surface area (Å²) in [6.07, 6.45) is 1.05. The van der Waals surface area contributed by atoms with E-state index in [1.165, 1.54) is 20.2 Å². The fraction of sp³-hybridized carbons (Fsp3) is 0.435. The van der Waals surface area contributed by atoms with Crippen LogP contribution in [0.1, 0.15) is 26.3 Å². The molecule has 0 aliphatic carbocycles. The van der Waals surface area contributed by atoms with Crippen molar-refractivity contribution in [2.75, 3.05) is 25.3 Å². The van der Waals surface area contributed by atoms with Gasteiger partial charge in [0.25, 0.3) is 5.56 Å². The van der Waals surface area contributed by atoms with E-state index in [1.54, 1.807) is 11.5 Å². The number of benzene rings is 1. The number of rotatable bonds is 14. The highest BCUT2D eigenvalue weighted by molar-refractivity contribution is 7.59. The number of nitrogens with zero attached hydrogens (tertiary/aromatic N) is 3. The highest BCUT2D eigenvalue weighted by atomic mass is 31.2. The minimum atomic E-state index is -3.67. The molecule has 0 aliphatic heterocycles. The van der Waals surface area contributed by atoms with Gasteiger partial charge in [-0.1, -0.05) is 30.3 Å². The Hall–Kier alpha value is -3.58. The molecule has 3 aromatic rings. The Morgan fingerprint density at radius 3 is 2.45 bits per heavy atom. The summed E-state index contributed by atoms with van der Waals surface area (Å²) < 4.78 is 31.3. The lowest BCUT2D eigenvalue weighted by Crippen LogP contribution is -2.42. The van der Waals surface area contributed by atoms with Gasteiger partial charge in [-0.15, -0.1) is 0 Å². The molecule has 0 bridgehead atoms. The van der Waals surface area contributed by atoms with Gasteiger partial charge < -0.3 is 24.5 Å². The quantitative estimate of drug-likeness (QED) is 0.127. The van der Waals surface area contributed by atoms with E-state index < -0.39 is 37.0 Å². The first-order chi connectivity index (χ1) is 18.1. The van der Waals surface area contributed by atoms with Gasteiger partial charge >= 0.3 is 11.9 Å². The predicted octanol–water partition coefficient (Wildman–Crippen LogP) is 1.13. The zero-order valence-electron chi connectivity index (χ0n) is 21.4. The van der Waals surface area contributed by atoms with Crippen LogP contribution in [0, 0.1) is 0 Å². The molecular formula is C23H32N7O7P. The average Bonchev–Trinajstić information content (AvgIpc) is 3.28. The van der Waals surface area contributed by atoms with Crippen molar-refractivity contribution in [3.8, 4) is 0 Å². The summed E-state index contributed by atoms with van der Waals surface area (Å²) in [6.45, 7) is 5.13. The smallest absolute Gasteiger partial charge is 0.323 e. The van der Waals surface area contributed by atoms with Crippen LogP contribution in [-0.2, 0) is 41.5 Å². The van der Waals surface area contributed by atoms with Gasteiger partial charge in [-0.25, -0.2) is 15.2 Å². The minimum Gasteiger partial charge on any atom is -0.465 e. The van der Waals surface area contributed by atoms with Crippen LogP contribution in [-0.4, -0.2) is 63.1 Å². The molecule has 1 aromatic carbocycles. The molecule has 0 saturated heterocycles. The number of carbonyl (C=O) groups excluding carboxylic acids is 2. The van der Waals surface area contributed by atoms with Crippen LogP contribution >= 0.6 is 7.44 Å². The van der Waals surface area contributed by atoms with Crippen LogP contribution in [0.3, 0.4) is 0 Å². The average molecular weight is 550 g/mol. The number of carbonyl (C=O) groups is 2. The van der Waals surface area contributed by atoms with E-state index >= 15 is 0 Å². The number of hydrogen-bond acceptors (Lipinski definition) is 10. The second kappa shape index (κ2) is 13.3. The molecule has 15 heteroatoms. The zero-order chi connectivity index (χ0) is 27.7. The predicted molar refractivity (Wildman–Crippen MR) is 139 cm³/mol. The molecule has 0 spiro atoms. The van der Waals surface area contributed by atoms with Crippen molar-refractivity contribution in [3.63, 3.8) is 0 Å². The maximum atomic E-state index is 13.7.